The average molecular weight is 427 g/mol. The van der Waals surface area contributed by atoms with Crippen LogP contribution in [-0.4, -0.2) is 4.57 Å². The van der Waals surface area contributed by atoms with E-state index in [1.807, 2.05) is 84.2 Å². The van der Waals surface area contributed by atoms with Crippen LogP contribution in [0.15, 0.2) is 95.4 Å². The first kappa shape index (κ1) is 21.1. The lowest BCUT2D eigenvalue weighted by molar-refractivity contribution is -0.657. The predicted molar refractivity (Wildman–Crippen MR) is 129 cm³/mol. The zero-order chi connectivity index (χ0) is 22.3. The molecule has 0 radical (unpaired) electrons. The summed E-state index contributed by atoms with van der Waals surface area (Å²) in [6.45, 7) is 1.53. The third kappa shape index (κ3) is 5.51. The van der Waals surface area contributed by atoms with Crippen LogP contribution < -0.4 is 20.9 Å². The number of rotatable bonds is 8. The molecule has 0 bridgehead atoms. The molecule has 32 heavy (non-hydrogen) atoms. The summed E-state index contributed by atoms with van der Waals surface area (Å²) >= 11 is 0. The maximum atomic E-state index is 5.73. The van der Waals surface area contributed by atoms with Crippen molar-refractivity contribution in [1.29, 1.82) is 0 Å². The molecule has 0 aliphatic rings. The lowest BCUT2D eigenvalue weighted by Crippen LogP contribution is -2.25. The molecular weight excluding hydrogens is 398 g/mol. The predicted octanol–water partition coefficient (Wildman–Crippen LogP) is 5.07. The molecule has 4 N–H and O–H groups in total. The average Bonchev–Trinajstić information content (AvgIpc) is 3.14. The summed E-state index contributed by atoms with van der Waals surface area (Å²) in [5.74, 6) is 0.791. The second kappa shape index (κ2) is 9.78. The van der Waals surface area contributed by atoms with Crippen LogP contribution in [0.25, 0.3) is 0 Å². The van der Waals surface area contributed by atoms with Crippen LogP contribution in [0.3, 0.4) is 0 Å². The van der Waals surface area contributed by atoms with E-state index in [0.717, 1.165) is 41.8 Å². The van der Waals surface area contributed by atoms with Crippen molar-refractivity contribution in [3.63, 3.8) is 0 Å². The van der Waals surface area contributed by atoms with Gasteiger partial charge in [-0.05, 0) is 59.7 Å². The van der Waals surface area contributed by atoms with Crippen molar-refractivity contribution < 1.29 is 4.57 Å². The molecule has 0 saturated heterocycles. The van der Waals surface area contributed by atoms with Gasteiger partial charge in [0.25, 0.3) is 0 Å². The number of nitrogens with two attached hydrogens (primary N) is 1. The van der Waals surface area contributed by atoms with Crippen LogP contribution >= 0.6 is 0 Å². The molecule has 0 aliphatic carbocycles. The minimum atomic E-state index is 0.756. The van der Waals surface area contributed by atoms with E-state index in [-0.39, 0.29) is 0 Å². The maximum absolute atomic E-state index is 5.73. The number of nitrogen functional groups attached to an aromatic ring is 1. The number of imidazole rings is 1. The Kier molecular flexibility index (Phi) is 6.46. The second-order valence-electron chi connectivity index (χ2n) is 7.71. The van der Waals surface area contributed by atoms with Gasteiger partial charge in [-0.15, -0.1) is 0 Å². The highest BCUT2D eigenvalue weighted by Gasteiger charge is 2.10. The Morgan fingerprint density at radius 3 is 1.81 bits per heavy atom. The van der Waals surface area contributed by atoms with E-state index < -0.39 is 0 Å². The van der Waals surface area contributed by atoms with Crippen LogP contribution in [0.1, 0.15) is 11.1 Å². The van der Waals surface area contributed by atoms with Crippen molar-refractivity contribution in [3.8, 4) is 0 Å². The van der Waals surface area contributed by atoms with Crippen LogP contribution in [0, 0.1) is 0 Å². The summed E-state index contributed by atoms with van der Waals surface area (Å²) in [5.41, 5.74) is 11.9. The lowest BCUT2D eigenvalue weighted by Gasteiger charge is -2.09. The van der Waals surface area contributed by atoms with Gasteiger partial charge in [-0.25, -0.2) is 9.13 Å². The quantitative estimate of drug-likeness (QED) is 0.209. The van der Waals surface area contributed by atoms with Gasteiger partial charge >= 0.3 is 5.95 Å². The fraction of sp³-hybridized carbons (Fsp3) is 0.160. The van der Waals surface area contributed by atoms with Gasteiger partial charge in [0.05, 0.1) is 26.5 Å². The Hall–Kier alpha value is -4.13. The normalized spacial score (nSPS) is 11.1. The summed E-state index contributed by atoms with van der Waals surface area (Å²) in [6.07, 6.45) is 3.90. The van der Waals surface area contributed by atoms with Gasteiger partial charge in [-0.2, -0.15) is 0 Å². The Morgan fingerprint density at radius 2 is 1.31 bits per heavy atom. The molecular formula is C25H28N7+. The van der Waals surface area contributed by atoms with E-state index in [2.05, 4.69) is 45.1 Å². The Morgan fingerprint density at radius 1 is 0.781 bits per heavy atom. The molecule has 162 valence electrons. The standard InChI is InChI=1S/C25H27N7/c1-31-15-16-32(2)25(31)30-29-24-13-11-23(12-14-24)28-18-20-5-3-19(4-6-20)17-27-22-9-7-21(26)8-10-22/h3-16H,17-18H2,1-2H3,(H3,26,27,28,29)/p+1. The number of hydrogen-bond acceptors (Lipinski definition) is 5. The molecule has 4 rings (SSSR count). The molecule has 1 aromatic heterocycles. The summed E-state index contributed by atoms with van der Waals surface area (Å²) in [7, 11) is 3.90. The maximum Gasteiger partial charge on any atom is 0.421 e. The van der Waals surface area contributed by atoms with Crippen molar-refractivity contribution in [3.05, 3.63) is 96.3 Å². The Balaban J connectivity index is 1.27. The second-order valence-corrected chi connectivity index (χ2v) is 7.71. The van der Waals surface area contributed by atoms with Crippen LogP contribution in [0.2, 0.25) is 0 Å². The smallest absolute Gasteiger partial charge is 0.399 e. The molecule has 0 saturated carbocycles. The van der Waals surface area contributed by atoms with Crippen LogP contribution in [0.5, 0.6) is 0 Å². The third-order valence-corrected chi connectivity index (χ3v) is 5.19. The van der Waals surface area contributed by atoms with Gasteiger partial charge in [0, 0.05) is 35.3 Å². The number of hydrogen-bond donors (Lipinski definition) is 3. The van der Waals surface area contributed by atoms with Gasteiger partial charge in [0.1, 0.15) is 5.69 Å². The summed E-state index contributed by atoms with van der Waals surface area (Å²) in [4.78, 5) is 0. The van der Waals surface area contributed by atoms with E-state index in [4.69, 9.17) is 5.73 Å². The largest absolute Gasteiger partial charge is 0.421 e. The Labute approximate surface area is 188 Å². The first-order valence-electron chi connectivity index (χ1n) is 10.5. The Bertz CT molecular complexity index is 1160. The fourth-order valence-electron chi connectivity index (χ4n) is 3.26. The number of nitrogens with one attached hydrogen (secondary N) is 2. The van der Waals surface area contributed by atoms with E-state index >= 15 is 0 Å². The molecule has 0 spiro atoms. The SMILES string of the molecule is Cn1cc[n+](C)c1N=Nc1ccc(NCc2ccc(CNc3ccc(N)cc3)cc2)cc1. The van der Waals surface area contributed by atoms with Gasteiger partial charge < -0.3 is 16.4 Å². The highest BCUT2D eigenvalue weighted by Crippen LogP contribution is 2.19. The summed E-state index contributed by atoms with van der Waals surface area (Å²) < 4.78 is 3.86. The number of aryl methyl sites for hydroxylation is 2. The van der Waals surface area contributed by atoms with E-state index in [1.54, 1.807) is 0 Å². The first-order chi connectivity index (χ1) is 15.6. The molecule has 0 atom stereocenters. The molecule has 0 amide bonds. The van der Waals surface area contributed by atoms with Crippen LogP contribution in [-0.2, 0) is 27.2 Å². The lowest BCUT2D eigenvalue weighted by atomic mass is 10.1. The summed E-state index contributed by atoms with van der Waals surface area (Å²) in [6, 6.07) is 24.3. The highest BCUT2D eigenvalue weighted by molar-refractivity contribution is 5.52. The van der Waals surface area contributed by atoms with Gasteiger partial charge in [-0.1, -0.05) is 29.4 Å². The van der Waals surface area contributed by atoms with Gasteiger partial charge in [0.2, 0.25) is 0 Å². The number of azo groups is 1. The third-order valence-electron chi connectivity index (χ3n) is 5.19. The molecule has 3 aromatic carbocycles. The number of anilines is 3. The summed E-state index contributed by atoms with van der Waals surface area (Å²) in [5, 5.41) is 15.5. The minimum Gasteiger partial charge on any atom is -0.399 e. The molecule has 0 fully saturated rings. The van der Waals surface area contributed by atoms with E-state index in [0.29, 0.717) is 0 Å². The van der Waals surface area contributed by atoms with Crippen molar-refractivity contribution >= 4 is 28.7 Å². The molecule has 7 heteroatoms. The van der Waals surface area contributed by atoms with Crippen molar-refractivity contribution in [2.75, 3.05) is 16.4 Å². The molecule has 7 nitrogen and oxygen atoms in total. The number of aromatic nitrogens is 2. The monoisotopic (exact) mass is 426 g/mol. The zero-order valence-corrected chi connectivity index (χ0v) is 18.4. The van der Waals surface area contributed by atoms with Crippen molar-refractivity contribution in [2.45, 2.75) is 13.1 Å². The number of nitrogens with zero attached hydrogens (tertiary/aromatic N) is 4. The molecule has 4 aromatic rings. The van der Waals surface area contributed by atoms with E-state index in [1.165, 1.54) is 11.1 Å². The van der Waals surface area contributed by atoms with Crippen molar-refractivity contribution in [1.82, 2.24) is 4.57 Å². The first-order valence-corrected chi connectivity index (χ1v) is 10.5. The van der Waals surface area contributed by atoms with Crippen molar-refractivity contribution in [2.24, 2.45) is 24.3 Å². The molecule has 0 unspecified atom stereocenters. The topological polar surface area (TPSA) is 83.6 Å². The minimum absolute atomic E-state index is 0.756. The molecule has 0 aliphatic heterocycles. The number of benzene rings is 3. The van der Waals surface area contributed by atoms with Gasteiger partial charge in [0.15, 0.2) is 0 Å². The van der Waals surface area contributed by atoms with Gasteiger partial charge in [-0.3, -0.25) is 0 Å². The van der Waals surface area contributed by atoms with Crippen LogP contribution in [0.4, 0.5) is 28.7 Å². The van der Waals surface area contributed by atoms with E-state index in [9.17, 15) is 0 Å². The molecule has 1 heterocycles. The highest BCUT2D eigenvalue weighted by atomic mass is 15.3. The zero-order valence-electron chi connectivity index (χ0n) is 18.4. The fourth-order valence-corrected chi connectivity index (χ4v) is 3.26.